The lowest BCUT2D eigenvalue weighted by atomic mass is 10.1. The van der Waals surface area contributed by atoms with Crippen LogP contribution in [0.5, 0.6) is 0 Å². The summed E-state index contributed by atoms with van der Waals surface area (Å²) >= 11 is 3.09. The number of rotatable bonds is 4. The van der Waals surface area contributed by atoms with Gasteiger partial charge < -0.3 is 4.90 Å². The SMILES string of the molecule is Cc1nc(C(=O)N(C)C)ccc1C(=O)Nc1nc(-c2sc3ccccc3c2C)cs1. The van der Waals surface area contributed by atoms with Crippen molar-refractivity contribution in [3.05, 3.63) is 64.3 Å². The third kappa shape index (κ3) is 3.71. The fourth-order valence-corrected chi connectivity index (χ4v) is 5.11. The van der Waals surface area contributed by atoms with Crippen molar-refractivity contribution in [3.63, 3.8) is 0 Å². The second-order valence-electron chi connectivity index (χ2n) is 7.07. The van der Waals surface area contributed by atoms with E-state index in [9.17, 15) is 9.59 Å². The third-order valence-electron chi connectivity index (χ3n) is 4.76. The Labute approximate surface area is 182 Å². The Bertz CT molecular complexity index is 1270. The van der Waals surface area contributed by atoms with Crippen molar-refractivity contribution in [1.82, 2.24) is 14.9 Å². The zero-order chi connectivity index (χ0) is 21.4. The molecule has 0 spiro atoms. The van der Waals surface area contributed by atoms with Crippen molar-refractivity contribution in [2.75, 3.05) is 19.4 Å². The molecule has 0 radical (unpaired) electrons. The summed E-state index contributed by atoms with van der Waals surface area (Å²) in [6.07, 6.45) is 0. The van der Waals surface area contributed by atoms with Gasteiger partial charge in [0.15, 0.2) is 5.13 Å². The molecule has 1 N–H and O–H groups in total. The smallest absolute Gasteiger partial charge is 0.271 e. The number of pyridine rings is 1. The van der Waals surface area contributed by atoms with E-state index < -0.39 is 0 Å². The van der Waals surface area contributed by atoms with Gasteiger partial charge in [0.2, 0.25) is 0 Å². The Kier molecular flexibility index (Phi) is 5.36. The van der Waals surface area contributed by atoms with Crippen LogP contribution in [0.2, 0.25) is 0 Å². The molecule has 30 heavy (non-hydrogen) atoms. The molecule has 8 heteroatoms. The molecule has 0 saturated heterocycles. The van der Waals surface area contributed by atoms with Crippen LogP contribution >= 0.6 is 22.7 Å². The Balaban J connectivity index is 1.56. The summed E-state index contributed by atoms with van der Waals surface area (Å²) < 4.78 is 1.22. The maximum absolute atomic E-state index is 12.7. The molecule has 0 aliphatic rings. The number of thiophene rings is 1. The van der Waals surface area contributed by atoms with E-state index in [1.807, 2.05) is 17.5 Å². The molecule has 1 aromatic carbocycles. The highest BCUT2D eigenvalue weighted by atomic mass is 32.1. The van der Waals surface area contributed by atoms with Crippen LogP contribution in [0.25, 0.3) is 20.7 Å². The van der Waals surface area contributed by atoms with E-state index in [-0.39, 0.29) is 11.8 Å². The van der Waals surface area contributed by atoms with E-state index in [1.54, 1.807) is 44.5 Å². The monoisotopic (exact) mass is 436 g/mol. The van der Waals surface area contributed by atoms with Gasteiger partial charge in [0.25, 0.3) is 11.8 Å². The van der Waals surface area contributed by atoms with E-state index in [0.29, 0.717) is 22.1 Å². The number of amides is 2. The van der Waals surface area contributed by atoms with Crippen molar-refractivity contribution < 1.29 is 9.59 Å². The molecule has 0 bridgehead atoms. The number of thiazole rings is 1. The van der Waals surface area contributed by atoms with Gasteiger partial charge in [-0.15, -0.1) is 22.7 Å². The summed E-state index contributed by atoms with van der Waals surface area (Å²) in [5.74, 6) is -0.494. The fourth-order valence-electron chi connectivity index (χ4n) is 3.17. The summed E-state index contributed by atoms with van der Waals surface area (Å²) in [4.78, 5) is 36.2. The number of anilines is 1. The fraction of sp³-hybridized carbons (Fsp3) is 0.182. The Morgan fingerprint density at radius 3 is 2.50 bits per heavy atom. The van der Waals surface area contributed by atoms with Crippen LogP contribution in [-0.4, -0.2) is 40.8 Å². The lowest BCUT2D eigenvalue weighted by Crippen LogP contribution is -2.23. The van der Waals surface area contributed by atoms with Crippen molar-refractivity contribution in [2.45, 2.75) is 13.8 Å². The number of nitrogens with one attached hydrogen (secondary N) is 1. The van der Waals surface area contributed by atoms with Crippen molar-refractivity contribution in [1.29, 1.82) is 0 Å². The molecule has 0 saturated carbocycles. The van der Waals surface area contributed by atoms with Crippen LogP contribution in [0.15, 0.2) is 41.8 Å². The van der Waals surface area contributed by atoms with Crippen molar-refractivity contribution in [3.8, 4) is 10.6 Å². The minimum atomic E-state index is -0.294. The quantitative estimate of drug-likeness (QED) is 0.489. The summed E-state index contributed by atoms with van der Waals surface area (Å²) in [6.45, 7) is 3.81. The summed E-state index contributed by atoms with van der Waals surface area (Å²) in [5, 5.41) is 6.56. The highest BCUT2D eigenvalue weighted by Crippen LogP contribution is 2.38. The van der Waals surface area contributed by atoms with E-state index in [2.05, 4.69) is 34.3 Å². The van der Waals surface area contributed by atoms with Crippen LogP contribution < -0.4 is 5.32 Å². The molecule has 3 heterocycles. The molecule has 0 unspecified atom stereocenters. The second-order valence-corrected chi connectivity index (χ2v) is 8.98. The van der Waals surface area contributed by atoms with Gasteiger partial charge >= 0.3 is 0 Å². The molecule has 0 atom stereocenters. The predicted octanol–water partition coefficient (Wildman–Crippen LogP) is 4.99. The van der Waals surface area contributed by atoms with Crippen LogP contribution in [0.4, 0.5) is 5.13 Å². The summed E-state index contributed by atoms with van der Waals surface area (Å²) in [7, 11) is 3.33. The molecule has 6 nitrogen and oxygen atoms in total. The number of nitrogens with zero attached hydrogens (tertiary/aromatic N) is 3. The molecule has 0 aliphatic heterocycles. The predicted molar refractivity (Wildman–Crippen MR) is 123 cm³/mol. The largest absolute Gasteiger partial charge is 0.343 e. The minimum absolute atomic E-state index is 0.201. The maximum atomic E-state index is 12.7. The zero-order valence-electron chi connectivity index (χ0n) is 17.0. The number of carbonyl (C=O) groups is 2. The van der Waals surface area contributed by atoms with E-state index in [0.717, 1.165) is 10.6 Å². The van der Waals surface area contributed by atoms with E-state index >= 15 is 0 Å². The third-order valence-corrected chi connectivity index (χ3v) is 6.81. The van der Waals surface area contributed by atoms with Crippen LogP contribution in [0.1, 0.15) is 32.1 Å². The van der Waals surface area contributed by atoms with Crippen LogP contribution in [0.3, 0.4) is 0 Å². The lowest BCUT2D eigenvalue weighted by molar-refractivity contribution is 0.0821. The highest BCUT2D eigenvalue weighted by Gasteiger charge is 2.18. The van der Waals surface area contributed by atoms with E-state index in [1.165, 1.54) is 31.9 Å². The second kappa shape index (κ2) is 7.97. The van der Waals surface area contributed by atoms with Gasteiger partial charge in [-0.2, -0.15) is 0 Å². The average molecular weight is 437 g/mol. The molecule has 4 aromatic rings. The number of aromatic nitrogens is 2. The molecule has 0 fully saturated rings. The van der Waals surface area contributed by atoms with Gasteiger partial charge in [0.1, 0.15) is 5.69 Å². The summed E-state index contributed by atoms with van der Waals surface area (Å²) in [5.41, 5.74) is 3.28. The normalized spacial score (nSPS) is 10.9. The number of hydrogen-bond acceptors (Lipinski definition) is 6. The molecule has 3 aromatic heterocycles. The first-order valence-electron chi connectivity index (χ1n) is 9.30. The Morgan fingerprint density at radius 1 is 1.03 bits per heavy atom. The van der Waals surface area contributed by atoms with Gasteiger partial charge in [-0.25, -0.2) is 9.97 Å². The van der Waals surface area contributed by atoms with Crippen LogP contribution in [-0.2, 0) is 0 Å². The first kappa shape index (κ1) is 20.2. The molecular weight excluding hydrogens is 416 g/mol. The number of carbonyl (C=O) groups excluding carboxylic acids is 2. The first-order valence-corrected chi connectivity index (χ1v) is 11.0. The lowest BCUT2D eigenvalue weighted by Gasteiger charge is -2.11. The van der Waals surface area contributed by atoms with Gasteiger partial charge in [-0.05, 0) is 43.0 Å². The topological polar surface area (TPSA) is 75.2 Å². The van der Waals surface area contributed by atoms with Crippen molar-refractivity contribution in [2.24, 2.45) is 0 Å². The molecule has 152 valence electrons. The number of fused-ring (bicyclic) bond motifs is 1. The molecule has 2 amide bonds. The average Bonchev–Trinajstić information content (AvgIpc) is 3.31. The van der Waals surface area contributed by atoms with Gasteiger partial charge in [0.05, 0.1) is 21.8 Å². The molecule has 4 rings (SSSR count). The number of aryl methyl sites for hydroxylation is 2. The summed E-state index contributed by atoms with van der Waals surface area (Å²) in [6, 6.07) is 11.5. The van der Waals surface area contributed by atoms with Gasteiger partial charge in [-0.3, -0.25) is 14.9 Å². The minimum Gasteiger partial charge on any atom is -0.343 e. The molecular formula is C22H20N4O2S2. The Morgan fingerprint density at radius 2 is 1.80 bits per heavy atom. The van der Waals surface area contributed by atoms with Crippen molar-refractivity contribution >= 4 is 49.7 Å². The zero-order valence-corrected chi connectivity index (χ0v) is 18.6. The standard InChI is InChI=1S/C22H20N4O2S2/c1-12-14-7-5-6-8-18(14)30-19(12)17-11-29-22(24-17)25-20(27)15-9-10-16(23-13(15)2)21(28)26(3)4/h5-11H,1-4H3,(H,24,25,27). The van der Waals surface area contributed by atoms with Gasteiger partial charge in [0, 0.05) is 24.2 Å². The van der Waals surface area contributed by atoms with Gasteiger partial charge in [-0.1, -0.05) is 18.2 Å². The molecule has 0 aliphatic carbocycles. The number of benzene rings is 1. The number of hydrogen-bond donors (Lipinski definition) is 1. The van der Waals surface area contributed by atoms with Crippen LogP contribution in [0, 0.1) is 13.8 Å². The highest BCUT2D eigenvalue weighted by molar-refractivity contribution is 7.23. The van der Waals surface area contributed by atoms with E-state index in [4.69, 9.17) is 0 Å². The maximum Gasteiger partial charge on any atom is 0.271 e. The Hall–Kier alpha value is -3.10. The first-order chi connectivity index (χ1) is 14.3.